The van der Waals surface area contributed by atoms with Crippen molar-refractivity contribution >= 4 is 28.4 Å². The molecule has 0 saturated carbocycles. The van der Waals surface area contributed by atoms with Gasteiger partial charge in [-0.2, -0.15) is 4.31 Å². The van der Waals surface area contributed by atoms with Crippen molar-refractivity contribution in [1.29, 1.82) is 0 Å². The van der Waals surface area contributed by atoms with Gasteiger partial charge in [-0.1, -0.05) is 0 Å². The van der Waals surface area contributed by atoms with Crippen LogP contribution in [0.1, 0.15) is 30.3 Å². The maximum atomic E-state index is 12.4. The first kappa shape index (κ1) is 18.0. The zero-order valence-corrected chi connectivity index (χ0v) is 13.3. The van der Waals surface area contributed by atoms with E-state index in [0.29, 0.717) is 6.54 Å². The molecule has 1 aromatic heterocycles. The molecule has 0 aliphatic carbocycles. The number of halogens is 1. The van der Waals surface area contributed by atoms with Gasteiger partial charge in [-0.25, -0.2) is 13.2 Å². The van der Waals surface area contributed by atoms with Crippen LogP contribution in [0.25, 0.3) is 0 Å². The third-order valence-electron chi connectivity index (χ3n) is 3.22. The van der Waals surface area contributed by atoms with Gasteiger partial charge in [0.15, 0.2) is 0 Å². The number of carbonyl (C=O) groups is 1. The summed E-state index contributed by atoms with van der Waals surface area (Å²) < 4.78 is 36.1. The van der Waals surface area contributed by atoms with Crippen LogP contribution in [0, 0.1) is 0 Å². The summed E-state index contributed by atoms with van der Waals surface area (Å²) in [5.41, 5.74) is 5.58. The minimum absolute atomic E-state index is 0. The normalized spacial score (nSPS) is 19.2. The van der Waals surface area contributed by atoms with Crippen molar-refractivity contribution in [3.63, 3.8) is 0 Å². The molecule has 1 fully saturated rings. The monoisotopic (exact) mass is 338 g/mol. The van der Waals surface area contributed by atoms with Gasteiger partial charge in [0.2, 0.25) is 10.9 Å². The maximum absolute atomic E-state index is 12.4. The molecule has 0 radical (unpaired) electrons. The lowest BCUT2D eigenvalue weighted by molar-refractivity contribution is 0.0483. The summed E-state index contributed by atoms with van der Waals surface area (Å²) in [6.45, 7) is 2.54. The average molecular weight is 339 g/mol. The molecule has 1 aliphatic rings. The zero-order chi connectivity index (χ0) is 14.8. The molecule has 1 aromatic rings. The number of esters is 1. The van der Waals surface area contributed by atoms with Crippen molar-refractivity contribution in [2.45, 2.75) is 30.9 Å². The molecular formula is C12H19ClN2O5S. The van der Waals surface area contributed by atoms with E-state index in [2.05, 4.69) is 0 Å². The van der Waals surface area contributed by atoms with Gasteiger partial charge < -0.3 is 14.9 Å². The van der Waals surface area contributed by atoms with E-state index in [1.807, 2.05) is 0 Å². The summed E-state index contributed by atoms with van der Waals surface area (Å²) in [5, 5.41) is -0.249. The largest absolute Gasteiger partial charge is 0.460 e. The fourth-order valence-corrected chi connectivity index (χ4v) is 3.87. The SMILES string of the molecule is CCOC(=O)c1ccc(S(=O)(=O)N2CCCC2CN)o1.Cl. The number of sulfonamides is 1. The van der Waals surface area contributed by atoms with E-state index in [1.165, 1.54) is 16.4 Å². The van der Waals surface area contributed by atoms with Crippen LogP contribution in [0.2, 0.25) is 0 Å². The second-order valence-corrected chi connectivity index (χ2v) is 6.31. The highest BCUT2D eigenvalue weighted by Crippen LogP contribution is 2.26. The Balaban J connectivity index is 0.00000220. The molecule has 1 unspecified atom stereocenters. The number of nitrogens with two attached hydrogens (primary N) is 1. The van der Waals surface area contributed by atoms with Crippen molar-refractivity contribution in [3.05, 3.63) is 17.9 Å². The van der Waals surface area contributed by atoms with Gasteiger partial charge in [-0.05, 0) is 31.9 Å². The number of ether oxygens (including phenoxy) is 1. The van der Waals surface area contributed by atoms with E-state index in [4.69, 9.17) is 14.9 Å². The standard InChI is InChI=1S/C12H18N2O5S.ClH/c1-2-18-12(15)10-5-6-11(19-10)20(16,17)14-7-3-4-9(14)8-13;/h5-6,9H,2-4,7-8,13H2,1H3;1H. The lowest BCUT2D eigenvalue weighted by Gasteiger charge is -2.21. The van der Waals surface area contributed by atoms with Crippen LogP contribution in [-0.4, -0.2) is 44.4 Å². The van der Waals surface area contributed by atoms with Crippen LogP contribution in [0.3, 0.4) is 0 Å². The molecule has 2 N–H and O–H groups in total. The predicted molar refractivity (Wildman–Crippen MR) is 77.9 cm³/mol. The highest BCUT2D eigenvalue weighted by atomic mass is 35.5. The lowest BCUT2D eigenvalue weighted by Crippen LogP contribution is -2.39. The van der Waals surface area contributed by atoms with Crippen molar-refractivity contribution in [1.82, 2.24) is 4.31 Å². The van der Waals surface area contributed by atoms with E-state index in [-0.39, 0.29) is 42.5 Å². The molecule has 0 bridgehead atoms. The quantitative estimate of drug-likeness (QED) is 0.803. The molecule has 1 aliphatic heterocycles. The molecule has 2 rings (SSSR count). The summed E-state index contributed by atoms with van der Waals surface area (Å²) >= 11 is 0. The van der Waals surface area contributed by atoms with Gasteiger partial charge in [0.1, 0.15) is 0 Å². The van der Waals surface area contributed by atoms with Crippen LogP contribution < -0.4 is 5.73 Å². The molecule has 0 spiro atoms. The van der Waals surface area contributed by atoms with E-state index < -0.39 is 16.0 Å². The van der Waals surface area contributed by atoms with Gasteiger partial charge in [-0.3, -0.25) is 0 Å². The number of hydrogen-bond acceptors (Lipinski definition) is 6. The summed E-state index contributed by atoms with van der Waals surface area (Å²) in [6.07, 6.45) is 1.51. The molecule has 1 saturated heterocycles. The summed E-state index contributed by atoms with van der Waals surface area (Å²) in [7, 11) is -3.75. The topological polar surface area (TPSA) is 103 Å². The number of furan rings is 1. The van der Waals surface area contributed by atoms with Crippen LogP contribution >= 0.6 is 12.4 Å². The molecule has 2 heterocycles. The first-order valence-electron chi connectivity index (χ1n) is 6.49. The van der Waals surface area contributed by atoms with Crippen molar-refractivity contribution in [2.24, 2.45) is 5.73 Å². The van der Waals surface area contributed by atoms with E-state index >= 15 is 0 Å². The minimum atomic E-state index is -3.75. The number of nitrogens with zero attached hydrogens (tertiary/aromatic N) is 1. The Hall–Kier alpha value is -1.09. The summed E-state index contributed by atoms with van der Waals surface area (Å²) in [4.78, 5) is 11.5. The first-order chi connectivity index (χ1) is 9.50. The van der Waals surface area contributed by atoms with Crippen LogP contribution in [0.15, 0.2) is 21.6 Å². The number of hydrogen-bond donors (Lipinski definition) is 1. The second kappa shape index (κ2) is 7.26. The molecule has 9 heteroatoms. The van der Waals surface area contributed by atoms with E-state index in [9.17, 15) is 13.2 Å². The highest BCUT2D eigenvalue weighted by molar-refractivity contribution is 7.89. The first-order valence-corrected chi connectivity index (χ1v) is 7.93. The fraction of sp³-hybridized carbons (Fsp3) is 0.583. The number of rotatable bonds is 5. The van der Waals surface area contributed by atoms with Crippen molar-refractivity contribution in [2.75, 3.05) is 19.7 Å². The van der Waals surface area contributed by atoms with Gasteiger partial charge in [-0.15, -0.1) is 12.4 Å². The predicted octanol–water partition coefficient (Wildman–Crippen LogP) is 0.990. The van der Waals surface area contributed by atoms with Gasteiger partial charge in [0, 0.05) is 19.1 Å². The maximum Gasteiger partial charge on any atom is 0.374 e. The van der Waals surface area contributed by atoms with Gasteiger partial charge in [0.25, 0.3) is 10.0 Å². The zero-order valence-electron chi connectivity index (χ0n) is 11.6. The Morgan fingerprint density at radius 2 is 2.24 bits per heavy atom. The van der Waals surface area contributed by atoms with Gasteiger partial charge >= 0.3 is 5.97 Å². The number of carbonyl (C=O) groups excluding carboxylic acids is 1. The second-order valence-electron chi connectivity index (χ2n) is 4.49. The Kier molecular flexibility index (Phi) is 6.21. The third-order valence-corrected chi connectivity index (χ3v) is 5.04. The summed E-state index contributed by atoms with van der Waals surface area (Å²) in [5.74, 6) is -0.792. The Morgan fingerprint density at radius 3 is 2.86 bits per heavy atom. The molecule has 1 atom stereocenters. The molecule has 0 amide bonds. The third kappa shape index (κ3) is 3.57. The smallest absolute Gasteiger partial charge is 0.374 e. The molecular weight excluding hydrogens is 320 g/mol. The summed E-state index contributed by atoms with van der Waals surface area (Å²) in [6, 6.07) is 2.36. The molecule has 7 nitrogen and oxygen atoms in total. The van der Waals surface area contributed by atoms with Gasteiger partial charge in [0.05, 0.1) is 6.61 Å². The Labute approximate surface area is 129 Å². The fourth-order valence-electron chi connectivity index (χ4n) is 2.25. The van der Waals surface area contributed by atoms with Crippen molar-refractivity contribution < 1.29 is 22.4 Å². The van der Waals surface area contributed by atoms with E-state index in [1.54, 1.807) is 6.92 Å². The van der Waals surface area contributed by atoms with E-state index in [0.717, 1.165) is 12.8 Å². The highest BCUT2D eigenvalue weighted by Gasteiger charge is 2.36. The van der Waals surface area contributed by atoms with Crippen LogP contribution in [0.4, 0.5) is 0 Å². The van der Waals surface area contributed by atoms with Crippen LogP contribution in [0.5, 0.6) is 0 Å². The average Bonchev–Trinajstić information content (AvgIpc) is 3.08. The Bertz CT molecular complexity index is 586. The van der Waals surface area contributed by atoms with Crippen LogP contribution in [-0.2, 0) is 14.8 Å². The lowest BCUT2D eigenvalue weighted by atomic mass is 10.2. The van der Waals surface area contributed by atoms with Crippen molar-refractivity contribution in [3.8, 4) is 0 Å². The Morgan fingerprint density at radius 1 is 1.52 bits per heavy atom. The molecule has 0 aromatic carbocycles. The minimum Gasteiger partial charge on any atom is -0.460 e. The molecule has 120 valence electrons. The molecule has 21 heavy (non-hydrogen) atoms.